The Balaban J connectivity index is 2.73. The van der Waals surface area contributed by atoms with Gasteiger partial charge < -0.3 is 9.84 Å². The molecule has 0 aliphatic carbocycles. The van der Waals surface area contributed by atoms with Gasteiger partial charge in [-0.25, -0.2) is 4.79 Å². The third kappa shape index (κ3) is 3.85. The van der Waals surface area contributed by atoms with E-state index >= 15 is 0 Å². The Labute approximate surface area is 108 Å². The van der Waals surface area contributed by atoms with E-state index in [0.29, 0.717) is 0 Å². The average molecular weight is 301 g/mol. The number of carbonyl (C=O) groups is 2. The maximum Gasteiger partial charge on any atom is 0.335 e. The minimum absolute atomic E-state index is 0.209. The van der Waals surface area contributed by atoms with Crippen LogP contribution in [0.2, 0.25) is 0 Å². The van der Waals surface area contributed by atoms with Gasteiger partial charge in [0.25, 0.3) is 0 Å². The number of esters is 1. The van der Waals surface area contributed by atoms with Crippen LogP contribution in [-0.2, 0) is 9.53 Å². The second kappa shape index (κ2) is 5.82. The van der Waals surface area contributed by atoms with Crippen molar-refractivity contribution in [3.8, 4) is 0 Å². The highest BCUT2D eigenvalue weighted by molar-refractivity contribution is 9.10. The van der Waals surface area contributed by atoms with Crippen LogP contribution < -0.4 is 0 Å². The average Bonchev–Trinajstić information content (AvgIpc) is 2.28. The summed E-state index contributed by atoms with van der Waals surface area (Å²) in [5, 5.41) is 8.74. The number of carbonyl (C=O) groups excluding carboxylic acids is 1. The molecule has 0 saturated heterocycles. The Morgan fingerprint density at radius 2 is 1.76 bits per heavy atom. The fraction of sp³-hybridized carbons (Fsp3) is 0.333. The summed E-state index contributed by atoms with van der Waals surface area (Å²) >= 11 is 3.12. The number of alkyl halides is 1. The Morgan fingerprint density at radius 3 is 2.18 bits per heavy atom. The number of hydrogen-bond acceptors (Lipinski definition) is 3. The molecule has 0 fully saturated rings. The number of hydrogen-bond donors (Lipinski definition) is 1. The van der Waals surface area contributed by atoms with E-state index in [0.717, 1.165) is 5.56 Å². The van der Waals surface area contributed by atoms with E-state index in [-0.39, 0.29) is 16.4 Å². The van der Waals surface area contributed by atoms with Crippen LogP contribution in [0.4, 0.5) is 0 Å². The van der Waals surface area contributed by atoms with Gasteiger partial charge in [-0.05, 0) is 31.5 Å². The molecule has 0 amide bonds. The molecule has 5 heteroatoms. The molecule has 17 heavy (non-hydrogen) atoms. The zero-order valence-corrected chi connectivity index (χ0v) is 11.1. The molecule has 0 aliphatic heterocycles. The van der Waals surface area contributed by atoms with Crippen LogP contribution in [0.5, 0.6) is 0 Å². The molecule has 1 N–H and O–H groups in total. The van der Waals surface area contributed by atoms with Gasteiger partial charge in [0.2, 0.25) is 0 Å². The van der Waals surface area contributed by atoms with Crippen molar-refractivity contribution in [3.05, 3.63) is 35.4 Å². The Hall–Kier alpha value is -1.36. The first-order valence-corrected chi connectivity index (χ1v) is 6.01. The molecule has 1 aromatic carbocycles. The zero-order chi connectivity index (χ0) is 13.0. The second-order valence-corrected chi connectivity index (χ2v) is 5.00. The molecule has 2 atom stereocenters. The Morgan fingerprint density at radius 1 is 1.24 bits per heavy atom. The van der Waals surface area contributed by atoms with Crippen molar-refractivity contribution >= 4 is 27.9 Å². The van der Waals surface area contributed by atoms with Crippen molar-refractivity contribution in [2.24, 2.45) is 0 Å². The molecule has 0 heterocycles. The van der Waals surface area contributed by atoms with Crippen molar-refractivity contribution in [1.82, 2.24) is 0 Å². The standard InChI is InChI=1S/C12H13BrO4/c1-7(13)12(16)17-8(2)9-3-5-10(6-4-9)11(14)15/h3-8H,1-2H3,(H,14,15). The van der Waals surface area contributed by atoms with E-state index in [2.05, 4.69) is 15.9 Å². The van der Waals surface area contributed by atoms with E-state index in [1.807, 2.05) is 0 Å². The molecule has 92 valence electrons. The van der Waals surface area contributed by atoms with Crippen LogP contribution in [0, 0.1) is 0 Å². The normalized spacial score (nSPS) is 13.8. The second-order valence-electron chi connectivity index (χ2n) is 3.62. The quantitative estimate of drug-likeness (QED) is 0.686. The third-order valence-corrected chi connectivity index (χ3v) is 2.62. The summed E-state index contributed by atoms with van der Waals surface area (Å²) in [5.74, 6) is -1.32. The van der Waals surface area contributed by atoms with Crippen LogP contribution in [0.3, 0.4) is 0 Å². The van der Waals surface area contributed by atoms with Crippen molar-refractivity contribution < 1.29 is 19.4 Å². The van der Waals surface area contributed by atoms with Crippen molar-refractivity contribution in [3.63, 3.8) is 0 Å². The van der Waals surface area contributed by atoms with Crippen molar-refractivity contribution in [1.29, 1.82) is 0 Å². The summed E-state index contributed by atoms with van der Waals surface area (Å²) in [4.78, 5) is 21.6. The SMILES string of the molecule is CC(Br)C(=O)OC(C)c1ccc(C(=O)O)cc1. The monoisotopic (exact) mass is 300 g/mol. The lowest BCUT2D eigenvalue weighted by atomic mass is 10.1. The van der Waals surface area contributed by atoms with E-state index in [9.17, 15) is 9.59 Å². The first-order chi connectivity index (χ1) is 7.91. The van der Waals surface area contributed by atoms with Crippen LogP contribution in [-0.4, -0.2) is 21.9 Å². The van der Waals surface area contributed by atoms with Gasteiger partial charge in [-0.2, -0.15) is 0 Å². The number of benzene rings is 1. The van der Waals surface area contributed by atoms with Gasteiger partial charge in [-0.3, -0.25) is 4.79 Å². The maximum atomic E-state index is 11.3. The highest BCUT2D eigenvalue weighted by atomic mass is 79.9. The maximum absolute atomic E-state index is 11.3. The van der Waals surface area contributed by atoms with Crippen molar-refractivity contribution in [2.45, 2.75) is 24.8 Å². The van der Waals surface area contributed by atoms with Crippen LogP contribution in [0.15, 0.2) is 24.3 Å². The van der Waals surface area contributed by atoms with E-state index in [1.165, 1.54) is 12.1 Å². The minimum Gasteiger partial charge on any atom is -0.478 e. The highest BCUT2D eigenvalue weighted by Gasteiger charge is 2.16. The molecular weight excluding hydrogens is 288 g/mol. The first-order valence-electron chi connectivity index (χ1n) is 5.09. The molecule has 0 radical (unpaired) electrons. The summed E-state index contributed by atoms with van der Waals surface area (Å²) in [6, 6.07) is 6.25. The molecule has 0 saturated carbocycles. The lowest BCUT2D eigenvalue weighted by Crippen LogP contribution is -2.16. The van der Waals surface area contributed by atoms with Gasteiger partial charge in [-0.15, -0.1) is 0 Å². The zero-order valence-electron chi connectivity index (χ0n) is 9.51. The molecule has 0 bridgehead atoms. The van der Waals surface area contributed by atoms with E-state index in [4.69, 9.17) is 9.84 Å². The third-order valence-electron chi connectivity index (χ3n) is 2.24. The van der Waals surface area contributed by atoms with Crippen molar-refractivity contribution in [2.75, 3.05) is 0 Å². The Kier molecular flexibility index (Phi) is 4.69. The van der Waals surface area contributed by atoms with E-state index < -0.39 is 12.1 Å². The number of halogens is 1. The number of rotatable bonds is 4. The summed E-state index contributed by atoms with van der Waals surface area (Å²) in [7, 11) is 0. The smallest absolute Gasteiger partial charge is 0.335 e. The summed E-state index contributed by atoms with van der Waals surface area (Å²) in [6.07, 6.45) is -0.398. The highest BCUT2D eigenvalue weighted by Crippen LogP contribution is 2.19. The molecular formula is C12H13BrO4. The molecule has 4 nitrogen and oxygen atoms in total. The predicted octanol–water partition coefficient (Wildman–Crippen LogP) is 2.77. The van der Waals surface area contributed by atoms with Crippen LogP contribution in [0.25, 0.3) is 0 Å². The van der Waals surface area contributed by atoms with E-state index in [1.54, 1.807) is 26.0 Å². The number of ether oxygens (including phenoxy) is 1. The van der Waals surface area contributed by atoms with Gasteiger partial charge in [0.15, 0.2) is 0 Å². The molecule has 0 spiro atoms. The minimum atomic E-state index is -0.977. The first kappa shape index (κ1) is 13.7. The van der Waals surface area contributed by atoms with Gasteiger partial charge in [-0.1, -0.05) is 28.1 Å². The molecule has 1 rings (SSSR count). The fourth-order valence-electron chi connectivity index (χ4n) is 1.23. The predicted molar refractivity (Wildman–Crippen MR) is 66.3 cm³/mol. The van der Waals surface area contributed by atoms with Gasteiger partial charge in [0.05, 0.1) is 5.56 Å². The summed E-state index contributed by atoms with van der Waals surface area (Å²) < 4.78 is 5.16. The largest absolute Gasteiger partial charge is 0.478 e. The number of aromatic carboxylic acids is 1. The number of carboxylic acid groups (broad SMARTS) is 1. The van der Waals surface area contributed by atoms with Gasteiger partial charge >= 0.3 is 11.9 Å². The topological polar surface area (TPSA) is 63.6 Å². The lowest BCUT2D eigenvalue weighted by molar-refractivity contribution is -0.147. The van der Waals surface area contributed by atoms with Crippen LogP contribution >= 0.6 is 15.9 Å². The fourth-order valence-corrected chi connectivity index (χ4v) is 1.34. The summed E-state index contributed by atoms with van der Waals surface area (Å²) in [6.45, 7) is 3.42. The number of carboxylic acids is 1. The molecule has 0 aliphatic rings. The Bertz CT molecular complexity index is 411. The van der Waals surface area contributed by atoms with Gasteiger partial charge in [0.1, 0.15) is 10.9 Å². The molecule has 0 aromatic heterocycles. The van der Waals surface area contributed by atoms with Crippen LogP contribution in [0.1, 0.15) is 35.9 Å². The lowest BCUT2D eigenvalue weighted by Gasteiger charge is -2.14. The molecule has 2 unspecified atom stereocenters. The molecule has 1 aromatic rings. The summed E-state index contributed by atoms with van der Waals surface area (Å²) in [5.41, 5.74) is 0.970. The van der Waals surface area contributed by atoms with Gasteiger partial charge in [0, 0.05) is 0 Å².